The smallest absolute Gasteiger partial charge is 0.177 e. The molecule has 0 aliphatic heterocycles. The van der Waals surface area contributed by atoms with Crippen LogP contribution in [0.15, 0.2) is 23.8 Å². The predicted molar refractivity (Wildman–Crippen MR) is 58.0 cm³/mol. The number of nitrogens with zero attached hydrogens (tertiary/aromatic N) is 1. The van der Waals surface area contributed by atoms with E-state index in [1.807, 2.05) is 28.4 Å². The Kier molecular flexibility index (Phi) is 2.53. The van der Waals surface area contributed by atoms with Gasteiger partial charge in [-0.1, -0.05) is 11.6 Å². The van der Waals surface area contributed by atoms with Gasteiger partial charge in [0.25, 0.3) is 0 Å². The molecule has 0 radical (unpaired) electrons. The highest BCUT2D eigenvalue weighted by molar-refractivity contribution is 7.71. The molecule has 2 heterocycles. The Hall–Kier alpha value is -0.580. The molecule has 2 aromatic heterocycles. The van der Waals surface area contributed by atoms with E-state index in [1.54, 1.807) is 0 Å². The minimum absolute atomic E-state index is 0.724. The Morgan fingerprint density at radius 3 is 3.00 bits per heavy atom. The number of hydrogen-bond donors (Lipinski definition) is 1. The molecule has 2 aromatic rings. The Morgan fingerprint density at radius 2 is 2.46 bits per heavy atom. The first kappa shape index (κ1) is 8.99. The Balaban J connectivity index is 2.29. The van der Waals surface area contributed by atoms with Crippen LogP contribution >= 0.6 is 35.2 Å². The van der Waals surface area contributed by atoms with Crippen molar-refractivity contribution < 1.29 is 0 Å². The number of nitrogens with one attached hydrogen (secondary N) is 1. The monoisotopic (exact) mass is 230 g/mol. The lowest BCUT2D eigenvalue weighted by molar-refractivity contribution is 0.787. The topological polar surface area (TPSA) is 20.7 Å². The van der Waals surface area contributed by atoms with Crippen LogP contribution in [0.5, 0.6) is 0 Å². The first-order chi connectivity index (χ1) is 6.27. The molecule has 0 aromatic carbocycles. The highest BCUT2D eigenvalue weighted by Crippen LogP contribution is 2.23. The van der Waals surface area contributed by atoms with Crippen molar-refractivity contribution in [2.45, 2.75) is 6.54 Å². The Morgan fingerprint density at radius 1 is 1.62 bits per heavy atom. The van der Waals surface area contributed by atoms with Crippen molar-refractivity contribution in [3.8, 4) is 0 Å². The molecule has 0 unspecified atom stereocenters. The number of hydrogen-bond acceptors (Lipinski definition) is 2. The molecule has 0 atom stereocenters. The molecule has 13 heavy (non-hydrogen) atoms. The molecule has 0 fully saturated rings. The molecule has 68 valence electrons. The summed E-state index contributed by atoms with van der Waals surface area (Å²) >= 11 is 12.6. The molecule has 0 amide bonds. The fourth-order valence-corrected chi connectivity index (χ4v) is 2.20. The summed E-state index contributed by atoms with van der Waals surface area (Å²) < 4.78 is 3.51. The number of imidazole rings is 1. The van der Waals surface area contributed by atoms with Gasteiger partial charge in [0.15, 0.2) is 4.77 Å². The van der Waals surface area contributed by atoms with Gasteiger partial charge in [-0.3, -0.25) is 0 Å². The van der Waals surface area contributed by atoms with Gasteiger partial charge in [0.05, 0.1) is 10.9 Å². The number of thiophene rings is 1. The number of halogens is 1. The number of aromatic amines is 1. The molecule has 0 saturated heterocycles. The minimum atomic E-state index is 0.724. The summed E-state index contributed by atoms with van der Waals surface area (Å²) in [6.45, 7) is 0.741. The van der Waals surface area contributed by atoms with Crippen LogP contribution in [0.1, 0.15) is 5.56 Å². The van der Waals surface area contributed by atoms with Crippen LogP contribution in [0.2, 0.25) is 4.34 Å². The highest BCUT2D eigenvalue weighted by Gasteiger charge is 2.02. The van der Waals surface area contributed by atoms with E-state index in [9.17, 15) is 0 Å². The van der Waals surface area contributed by atoms with E-state index in [1.165, 1.54) is 11.3 Å². The summed E-state index contributed by atoms with van der Waals surface area (Å²) in [5.74, 6) is 0. The van der Waals surface area contributed by atoms with E-state index in [-0.39, 0.29) is 0 Å². The van der Waals surface area contributed by atoms with E-state index in [2.05, 4.69) is 4.98 Å². The normalized spacial score (nSPS) is 10.5. The van der Waals surface area contributed by atoms with Gasteiger partial charge in [-0.15, -0.1) is 11.3 Å². The average Bonchev–Trinajstić information content (AvgIpc) is 2.65. The Labute approximate surface area is 89.8 Å². The van der Waals surface area contributed by atoms with E-state index in [0.29, 0.717) is 0 Å². The van der Waals surface area contributed by atoms with Crippen LogP contribution in [0, 0.1) is 4.77 Å². The van der Waals surface area contributed by atoms with Crippen molar-refractivity contribution in [1.29, 1.82) is 0 Å². The van der Waals surface area contributed by atoms with E-state index >= 15 is 0 Å². The molecule has 0 aliphatic carbocycles. The van der Waals surface area contributed by atoms with Gasteiger partial charge in [-0.25, -0.2) is 0 Å². The molecular formula is C8H7ClN2S2. The zero-order chi connectivity index (χ0) is 9.26. The molecule has 5 heteroatoms. The quantitative estimate of drug-likeness (QED) is 0.786. The lowest BCUT2D eigenvalue weighted by Crippen LogP contribution is -1.96. The van der Waals surface area contributed by atoms with Gasteiger partial charge < -0.3 is 9.55 Å². The third-order valence-electron chi connectivity index (χ3n) is 1.76. The van der Waals surface area contributed by atoms with Gasteiger partial charge in [0, 0.05) is 18.0 Å². The molecule has 0 aliphatic rings. The molecular weight excluding hydrogens is 224 g/mol. The summed E-state index contributed by atoms with van der Waals surface area (Å²) in [5.41, 5.74) is 1.11. The lowest BCUT2D eigenvalue weighted by Gasteiger charge is -1.99. The minimum Gasteiger partial charge on any atom is -0.337 e. The highest BCUT2D eigenvalue weighted by atomic mass is 35.5. The van der Waals surface area contributed by atoms with Gasteiger partial charge in [0.1, 0.15) is 0 Å². The molecule has 2 rings (SSSR count). The van der Waals surface area contributed by atoms with Gasteiger partial charge >= 0.3 is 0 Å². The first-order valence-corrected chi connectivity index (χ1v) is 5.39. The van der Waals surface area contributed by atoms with Crippen molar-refractivity contribution >= 4 is 35.2 Å². The van der Waals surface area contributed by atoms with Crippen molar-refractivity contribution in [2.75, 3.05) is 0 Å². The lowest BCUT2D eigenvalue weighted by atomic mass is 10.3. The predicted octanol–water partition coefficient (Wildman–Crippen LogP) is 3.31. The molecule has 1 N–H and O–H groups in total. The van der Waals surface area contributed by atoms with E-state index in [4.69, 9.17) is 23.8 Å². The third kappa shape index (κ3) is 1.85. The van der Waals surface area contributed by atoms with Crippen molar-refractivity contribution in [3.63, 3.8) is 0 Å². The van der Waals surface area contributed by atoms with Gasteiger partial charge in [0.2, 0.25) is 0 Å². The fraction of sp³-hybridized carbons (Fsp3) is 0.125. The summed E-state index contributed by atoms with van der Waals surface area (Å²) in [6.07, 6.45) is 3.74. The standard InChI is InChI=1S/C8H7ClN2S2/c9-7-6(1-4-13-7)5-11-3-2-10-8(11)12/h1-4H,5H2,(H,10,12). The van der Waals surface area contributed by atoms with Crippen LogP contribution in [-0.2, 0) is 6.54 Å². The number of H-pyrrole nitrogens is 1. The van der Waals surface area contributed by atoms with Crippen LogP contribution < -0.4 is 0 Å². The average molecular weight is 231 g/mol. The maximum Gasteiger partial charge on any atom is 0.177 e. The maximum atomic E-state index is 5.97. The molecule has 0 spiro atoms. The van der Waals surface area contributed by atoms with Crippen LogP contribution in [0.3, 0.4) is 0 Å². The fourth-order valence-electron chi connectivity index (χ4n) is 1.09. The second-order valence-corrected chi connectivity index (χ2v) is 4.52. The summed E-state index contributed by atoms with van der Waals surface area (Å²) in [7, 11) is 0. The third-order valence-corrected chi connectivity index (χ3v) is 3.36. The second kappa shape index (κ2) is 3.65. The maximum absolute atomic E-state index is 5.97. The zero-order valence-electron chi connectivity index (χ0n) is 6.66. The van der Waals surface area contributed by atoms with Gasteiger partial charge in [-0.05, 0) is 23.7 Å². The van der Waals surface area contributed by atoms with Gasteiger partial charge in [-0.2, -0.15) is 0 Å². The number of rotatable bonds is 2. The largest absolute Gasteiger partial charge is 0.337 e. The van der Waals surface area contributed by atoms with Crippen LogP contribution in [0.25, 0.3) is 0 Å². The number of aromatic nitrogens is 2. The zero-order valence-corrected chi connectivity index (χ0v) is 9.05. The SMILES string of the molecule is S=c1[nH]ccn1Cc1ccsc1Cl. The van der Waals surface area contributed by atoms with Crippen molar-refractivity contribution in [3.05, 3.63) is 38.5 Å². The first-order valence-electron chi connectivity index (χ1n) is 3.73. The van der Waals surface area contributed by atoms with Crippen LogP contribution in [0.4, 0.5) is 0 Å². The van der Waals surface area contributed by atoms with Crippen LogP contribution in [-0.4, -0.2) is 9.55 Å². The Bertz CT molecular complexity index is 454. The molecule has 0 bridgehead atoms. The summed E-state index contributed by atoms with van der Waals surface area (Å²) in [5, 5.41) is 1.98. The second-order valence-electron chi connectivity index (χ2n) is 2.61. The van der Waals surface area contributed by atoms with Crippen molar-refractivity contribution in [2.24, 2.45) is 0 Å². The van der Waals surface area contributed by atoms with Crippen molar-refractivity contribution in [1.82, 2.24) is 9.55 Å². The van der Waals surface area contributed by atoms with E-state index in [0.717, 1.165) is 21.2 Å². The van der Waals surface area contributed by atoms with E-state index < -0.39 is 0 Å². The summed E-state index contributed by atoms with van der Waals surface area (Å²) in [6, 6.07) is 2.02. The molecule has 2 nitrogen and oxygen atoms in total. The summed E-state index contributed by atoms with van der Waals surface area (Å²) in [4.78, 5) is 2.94. The molecule has 0 saturated carbocycles.